The lowest BCUT2D eigenvalue weighted by Gasteiger charge is -2.20. The second kappa shape index (κ2) is 9.50. The predicted molar refractivity (Wildman–Crippen MR) is 118 cm³/mol. The van der Waals surface area contributed by atoms with Gasteiger partial charge in [0.25, 0.3) is 0 Å². The number of nitrogens with one attached hydrogen (secondary N) is 2. The number of aromatic nitrogens is 2. The van der Waals surface area contributed by atoms with Crippen molar-refractivity contribution in [2.24, 2.45) is 12.0 Å². The molecule has 2 aromatic rings. The van der Waals surface area contributed by atoms with Gasteiger partial charge in [-0.1, -0.05) is 11.6 Å². The Labute approximate surface area is 181 Å². The number of aliphatic imine (C=N–C) groups is 1. The molecule has 7 nitrogen and oxygen atoms in total. The third kappa shape index (κ3) is 4.98. The Morgan fingerprint density at radius 1 is 1.22 bits per heavy atom. The summed E-state index contributed by atoms with van der Waals surface area (Å²) < 4.78 is 13.1. The highest BCUT2D eigenvalue weighted by Crippen LogP contribution is 2.38. The summed E-state index contributed by atoms with van der Waals surface area (Å²) in [7, 11) is 3.69. The van der Waals surface area contributed by atoms with Crippen LogP contribution in [0.4, 0.5) is 0 Å². The van der Waals surface area contributed by atoms with Crippen molar-refractivity contribution in [2.45, 2.75) is 26.9 Å². The van der Waals surface area contributed by atoms with E-state index in [0.29, 0.717) is 48.8 Å². The second-order valence-corrected chi connectivity index (χ2v) is 6.56. The first-order chi connectivity index (χ1) is 12.5. The van der Waals surface area contributed by atoms with Gasteiger partial charge in [-0.15, -0.1) is 24.0 Å². The monoisotopic (exact) mass is 505 g/mol. The summed E-state index contributed by atoms with van der Waals surface area (Å²) in [6.45, 7) is 6.36. The molecule has 27 heavy (non-hydrogen) atoms. The lowest BCUT2D eigenvalue weighted by molar-refractivity contribution is 0.171. The number of halogens is 2. The van der Waals surface area contributed by atoms with Gasteiger partial charge in [-0.05, 0) is 31.5 Å². The molecule has 0 atom stereocenters. The van der Waals surface area contributed by atoms with Gasteiger partial charge in [0.15, 0.2) is 17.5 Å². The molecule has 3 rings (SSSR count). The van der Waals surface area contributed by atoms with Crippen molar-refractivity contribution in [3.05, 3.63) is 39.7 Å². The first-order valence-electron chi connectivity index (χ1n) is 8.51. The molecule has 0 aliphatic carbocycles. The molecule has 0 radical (unpaired) electrons. The molecule has 1 aromatic carbocycles. The molecule has 1 aromatic heterocycles. The quantitative estimate of drug-likeness (QED) is 0.380. The van der Waals surface area contributed by atoms with Crippen LogP contribution in [0.5, 0.6) is 11.5 Å². The number of ether oxygens (including phenoxy) is 2. The second-order valence-electron chi connectivity index (χ2n) is 6.15. The van der Waals surface area contributed by atoms with E-state index in [2.05, 4.69) is 27.6 Å². The molecule has 2 N–H and O–H groups in total. The van der Waals surface area contributed by atoms with Crippen molar-refractivity contribution >= 4 is 41.5 Å². The zero-order valence-electron chi connectivity index (χ0n) is 15.9. The van der Waals surface area contributed by atoms with E-state index in [1.165, 1.54) is 5.56 Å². The van der Waals surface area contributed by atoms with E-state index in [0.717, 1.165) is 17.0 Å². The van der Waals surface area contributed by atoms with E-state index in [1.807, 2.05) is 30.8 Å². The van der Waals surface area contributed by atoms with Crippen LogP contribution in [0.15, 0.2) is 17.1 Å². The Hall–Kier alpha value is -1.68. The predicted octanol–water partition coefficient (Wildman–Crippen LogP) is 2.94. The topological polar surface area (TPSA) is 72.7 Å². The van der Waals surface area contributed by atoms with E-state index < -0.39 is 0 Å². The molecule has 0 spiro atoms. The highest BCUT2D eigenvalue weighted by Gasteiger charge is 2.17. The van der Waals surface area contributed by atoms with Gasteiger partial charge in [0.2, 0.25) is 0 Å². The third-order valence-corrected chi connectivity index (χ3v) is 4.71. The van der Waals surface area contributed by atoms with Crippen molar-refractivity contribution in [2.75, 3.05) is 20.3 Å². The fourth-order valence-electron chi connectivity index (χ4n) is 2.92. The molecule has 0 saturated carbocycles. The van der Waals surface area contributed by atoms with Crippen molar-refractivity contribution in [3.63, 3.8) is 0 Å². The molecule has 9 heteroatoms. The SMILES string of the molecule is CN=C(NCc1cc(Cl)c2c(c1)OCCO2)NCc1c(C)nn(C)c1C.I. The average Bonchev–Trinajstić information content (AvgIpc) is 2.87. The lowest BCUT2D eigenvalue weighted by Crippen LogP contribution is -2.36. The highest BCUT2D eigenvalue weighted by atomic mass is 127. The summed E-state index contributed by atoms with van der Waals surface area (Å²) in [5.74, 6) is 2.01. The highest BCUT2D eigenvalue weighted by molar-refractivity contribution is 14.0. The number of aryl methyl sites for hydroxylation is 2. The summed E-state index contributed by atoms with van der Waals surface area (Å²) in [6.07, 6.45) is 0. The van der Waals surface area contributed by atoms with Gasteiger partial charge >= 0.3 is 0 Å². The Bertz CT molecular complexity index is 838. The van der Waals surface area contributed by atoms with Crippen molar-refractivity contribution < 1.29 is 9.47 Å². The van der Waals surface area contributed by atoms with Crippen LogP contribution in [0.1, 0.15) is 22.5 Å². The van der Waals surface area contributed by atoms with Crippen molar-refractivity contribution in [1.29, 1.82) is 0 Å². The van der Waals surface area contributed by atoms with E-state index >= 15 is 0 Å². The van der Waals surface area contributed by atoms with E-state index in [-0.39, 0.29) is 24.0 Å². The molecule has 0 bridgehead atoms. The fourth-order valence-corrected chi connectivity index (χ4v) is 3.21. The summed E-state index contributed by atoms with van der Waals surface area (Å²) in [4.78, 5) is 4.27. The van der Waals surface area contributed by atoms with Crippen LogP contribution in [-0.2, 0) is 20.1 Å². The summed E-state index contributed by atoms with van der Waals surface area (Å²) in [5, 5.41) is 11.6. The van der Waals surface area contributed by atoms with Crippen LogP contribution in [0, 0.1) is 13.8 Å². The molecular formula is C18H25ClIN5O2. The Kier molecular flexibility index (Phi) is 7.60. The average molecular weight is 506 g/mol. The van der Waals surface area contributed by atoms with Crippen LogP contribution in [0.2, 0.25) is 5.02 Å². The number of benzene rings is 1. The van der Waals surface area contributed by atoms with Gasteiger partial charge in [0.1, 0.15) is 13.2 Å². The van der Waals surface area contributed by atoms with Crippen molar-refractivity contribution in [1.82, 2.24) is 20.4 Å². The fraction of sp³-hybridized carbons (Fsp3) is 0.444. The number of hydrogen-bond acceptors (Lipinski definition) is 4. The molecule has 1 aliphatic heterocycles. The first-order valence-corrected chi connectivity index (χ1v) is 8.89. The number of guanidine groups is 1. The largest absolute Gasteiger partial charge is 0.486 e. The van der Waals surface area contributed by atoms with Crippen LogP contribution in [0.25, 0.3) is 0 Å². The van der Waals surface area contributed by atoms with Gasteiger partial charge in [-0.3, -0.25) is 9.67 Å². The Balaban J connectivity index is 0.00000261. The molecular weight excluding hydrogens is 481 g/mol. The zero-order chi connectivity index (χ0) is 18.7. The first kappa shape index (κ1) is 21.6. The Morgan fingerprint density at radius 2 is 1.93 bits per heavy atom. The van der Waals surface area contributed by atoms with Crippen LogP contribution >= 0.6 is 35.6 Å². The minimum atomic E-state index is 0. The molecule has 0 amide bonds. The number of hydrogen-bond donors (Lipinski definition) is 2. The maximum Gasteiger partial charge on any atom is 0.191 e. The molecule has 0 fully saturated rings. The standard InChI is InChI=1S/C18H24ClN5O2.HI/c1-11-14(12(2)24(4)23-11)10-22-18(20-3)21-9-13-7-15(19)17-16(8-13)25-5-6-26-17;/h7-8H,5-6,9-10H2,1-4H3,(H2,20,21,22);1H. The van der Waals surface area contributed by atoms with Crippen LogP contribution in [0.3, 0.4) is 0 Å². The third-order valence-electron chi connectivity index (χ3n) is 4.43. The summed E-state index contributed by atoms with van der Waals surface area (Å²) >= 11 is 6.29. The van der Waals surface area contributed by atoms with Gasteiger partial charge < -0.3 is 20.1 Å². The van der Waals surface area contributed by atoms with Crippen LogP contribution < -0.4 is 20.1 Å². The minimum absolute atomic E-state index is 0. The van der Waals surface area contributed by atoms with Gasteiger partial charge in [-0.25, -0.2) is 0 Å². The Morgan fingerprint density at radius 3 is 2.59 bits per heavy atom. The zero-order valence-corrected chi connectivity index (χ0v) is 19.0. The van der Waals surface area contributed by atoms with Gasteiger partial charge in [0.05, 0.1) is 10.7 Å². The van der Waals surface area contributed by atoms with E-state index in [1.54, 1.807) is 7.05 Å². The maximum absolute atomic E-state index is 6.29. The summed E-state index contributed by atoms with van der Waals surface area (Å²) in [6, 6.07) is 3.82. The van der Waals surface area contributed by atoms with Crippen molar-refractivity contribution in [3.8, 4) is 11.5 Å². The van der Waals surface area contributed by atoms with Gasteiger partial charge in [-0.2, -0.15) is 5.10 Å². The molecule has 2 heterocycles. The smallest absolute Gasteiger partial charge is 0.191 e. The molecule has 0 unspecified atom stereocenters. The maximum atomic E-state index is 6.29. The van der Waals surface area contributed by atoms with E-state index in [4.69, 9.17) is 21.1 Å². The molecule has 148 valence electrons. The van der Waals surface area contributed by atoms with Crippen LogP contribution in [-0.4, -0.2) is 36.0 Å². The van der Waals surface area contributed by atoms with Gasteiger partial charge in [0, 0.05) is 38.4 Å². The number of fused-ring (bicyclic) bond motifs is 1. The normalized spacial score (nSPS) is 13.1. The van der Waals surface area contributed by atoms with E-state index in [9.17, 15) is 0 Å². The lowest BCUT2D eigenvalue weighted by atomic mass is 10.2. The minimum Gasteiger partial charge on any atom is -0.486 e. The number of rotatable bonds is 4. The summed E-state index contributed by atoms with van der Waals surface area (Å²) in [5.41, 5.74) is 4.34. The number of nitrogens with zero attached hydrogens (tertiary/aromatic N) is 3. The molecule has 1 aliphatic rings. The molecule has 0 saturated heterocycles.